The molecule has 108 valence electrons. The Morgan fingerprint density at radius 2 is 2.00 bits per heavy atom. The summed E-state index contributed by atoms with van der Waals surface area (Å²) in [6.07, 6.45) is 0.759. The molecule has 3 aromatic rings. The van der Waals surface area contributed by atoms with Crippen LogP contribution in [0, 0.1) is 5.82 Å². The van der Waals surface area contributed by atoms with E-state index in [1.807, 2.05) is 35.2 Å². The summed E-state index contributed by atoms with van der Waals surface area (Å²) in [5, 5.41) is 0.937. The van der Waals surface area contributed by atoms with Gasteiger partial charge in [-0.25, -0.2) is 4.39 Å². The summed E-state index contributed by atoms with van der Waals surface area (Å²) in [7, 11) is 0. The van der Waals surface area contributed by atoms with Crippen LogP contribution in [0.2, 0.25) is 0 Å². The number of H-pyrrole nitrogens is 1. The first kappa shape index (κ1) is 12.0. The summed E-state index contributed by atoms with van der Waals surface area (Å²) in [5.74, 6) is -0.165. The molecule has 2 aliphatic heterocycles. The maximum Gasteiger partial charge on any atom is 0.255 e. The third-order valence-electron chi connectivity index (χ3n) is 4.86. The third kappa shape index (κ3) is 1.32. The number of halogens is 1. The fraction of sp³-hybridized carbons (Fsp3) is 0.167. The molecule has 5 rings (SSSR count). The average molecular weight is 292 g/mol. The van der Waals surface area contributed by atoms with Gasteiger partial charge < -0.3 is 9.88 Å². The zero-order chi connectivity index (χ0) is 14.8. The number of hydrogen-bond acceptors (Lipinski definition) is 1. The molecule has 1 amide bonds. The third-order valence-corrected chi connectivity index (χ3v) is 4.86. The van der Waals surface area contributed by atoms with Gasteiger partial charge in [0.2, 0.25) is 0 Å². The molecule has 2 aromatic carbocycles. The molecule has 0 radical (unpaired) electrons. The zero-order valence-corrected chi connectivity index (χ0v) is 11.8. The van der Waals surface area contributed by atoms with E-state index in [0.29, 0.717) is 12.1 Å². The predicted octanol–water partition coefficient (Wildman–Crippen LogP) is 3.41. The number of aromatic nitrogens is 1. The van der Waals surface area contributed by atoms with Crippen LogP contribution in [-0.2, 0) is 6.42 Å². The Kier molecular flexibility index (Phi) is 2.16. The lowest BCUT2D eigenvalue weighted by molar-refractivity contribution is 0.0738. The minimum Gasteiger partial charge on any atom is -0.354 e. The van der Waals surface area contributed by atoms with Crippen molar-refractivity contribution in [3.8, 4) is 0 Å². The normalized spacial score (nSPS) is 19.2. The molecule has 0 fully saturated rings. The number of fused-ring (bicyclic) bond motifs is 7. The van der Waals surface area contributed by atoms with Crippen LogP contribution in [0.4, 0.5) is 4.39 Å². The largest absolute Gasteiger partial charge is 0.354 e. The second-order valence-electron chi connectivity index (χ2n) is 5.92. The van der Waals surface area contributed by atoms with Gasteiger partial charge in [0.1, 0.15) is 5.82 Å². The Morgan fingerprint density at radius 1 is 1.14 bits per heavy atom. The van der Waals surface area contributed by atoms with Gasteiger partial charge in [0.15, 0.2) is 0 Å². The summed E-state index contributed by atoms with van der Waals surface area (Å²) in [6, 6.07) is 12.8. The van der Waals surface area contributed by atoms with E-state index in [-0.39, 0.29) is 17.8 Å². The summed E-state index contributed by atoms with van der Waals surface area (Å²) >= 11 is 0. The Bertz CT molecular complexity index is 943. The van der Waals surface area contributed by atoms with Crippen molar-refractivity contribution in [3.63, 3.8) is 0 Å². The summed E-state index contributed by atoms with van der Waals surface area (Å²) < 4.78 is 14.1. The van der Waals surface area contributed by atoms with Gasteiger partial charge in [-0.1, -0.05) is 30.3 Å². The first-order valence-electron chi connectivity index (χ1n) is 7.44. The van der Waals surface area contributed by atoms with E-state index in [0.717, 1.165) is 34.2 Å². The molecule has 0 bridgehead atoms. The van der Waals surface area contributed by atoms with E-state index in [1.54, 1.807) is 6.07 Å². The highest BCUT2D eigenvalue weighted by atomic mass is 19.1. The van der Waals surface area contributed by atoms with Crippen molar-refractivity contribution in [2.24, 2.45) is 0 Å². The molecule has 2 aliphatic rings. The Morgan fingerprint density at radius 3 is 2.91 bits per heavy atom. The number of nitrogens with zero attached hydrogens (tertiary/aromatic N) is 1. The lowest BCUT2D eigenvalue weighted by Gasteiger charge is -2.30. The molecule has 1 atom stereocenters. The quantitative estimate of drug-likeness (QED) is 0.677. The first-order valence-corrected chi connectivity index (χ1v) is 7.44. The summed E-state index contributed by atoms with van der Waals surface area (Å²) in [4.78, 5) is 17.7. The minimum absolute atomic E-state index is 0.0744. The predicted molar refractivity (Wildman–Crippen MR) is 81.3 cm³/mol. The van der Waals surface area contributed by atoms with Crippen molar-refractivity contribution in [1.82, 2.24) is 9.88 Å². The molecule has 0 unspecified atom stereocenters. The van der Waals surface area contributed by atoms with Gasteiger partial charge in [-0.05, 0) is 29.7 Å². The SMILES string of the molecule is O=C1c2ccccc2[C@@H]2c3[nH]c4c(F)cccc4c3CCN12. The number of para-hydroxylation sites is 1. The summed E-state index contributed by atoms with van der Waals surface area (Å²) in [6.45, 7) is 0.675. The number of aromatic amines is 1. The van der Waals surface area contributed by atoms with E-state index >= 15 is 0 Å². The van der Waals surface area contributed by atoms with E-state index in [1.165, 1.54) is 6.07 Å². The van der Waals surface area contributed by atoms with Crippen molar-refractivity contribution < 1.29 is 9.18 Å². The van der Waals surface area contributed by atoms with Crippen LogP contribution in [0.5, 0.6) is 0 Å². The van der Waals surface area contributed by atoms with Crippen molar-refractivity contribution in [3.05, 3.63) is 70.7 Å². The molecule has 3 heterocycles. The van der Waals surface area contributed by atoms with Gasteiger partial charge >= 0.3 is 0 Å². The van der Waals surface area contributed by atoms with Crippen LogP contribution < -0.4 is 0 Å². The van der Waals surface area contributed by atoms with Gasteiger partial charge in [0.25, 0.3) is 5.91 Å². The molecule has 0 aliphatic carbocycles. The Labute approximate surface area is 126 Å². The van der Waals surface area contributed by atoms with Crippen molar-refractivity contribution in [2.45, 2.75) is 12.5 Å². The number of carbonyl (C=O) groups excluding carboxylic acids is 1. The van der Waals surface area contributed by atoms with E-state index in [9.17, 15) is 9.18 Å². The highest BCUT2D eigenvalue weighted by molar-refractivity contribution is 6.00. The van der Waals surface area contributed by atoms with Crippen LogP contribution in [0.25, 0.3) is 10.9 Å². The van der Waals surface area contributed by atoms with Crippen LogP contribution >= 0.6 is 0 Å². The fourth-order valence-electron chi connectivity index (χ4n) is 3.90. The molecule has 3 nitrogen and oxygen atoms in total. The van der Waals surface area contributed by atoms with Gasteiger partial charge in [-0.3, -0.25) is 4.79 Å². The number of amides is 1. The maximum atomic E-state index is 14.1. The maximum absolute atomic E-state index is 14.1. The van der Waals surface area contributed by atoms with Crippen LogP contribution in [0.3, 0.4) is 0 Å². The molecular formula is C18H13FN2O. The van der Waals surface area contributed by atoms with Gasteiger partial charge in [0.05, 0.1) is 11.6 Å². The second kappa shape index (κ2) is 3.97. The number of nitrogens with one attached hydrogen (secondary N) is 1. The number of benzene rings is 2. The summed E-state index contributed by atoms with van der Waals surface area (Å²) in [5.41, 5.74) is 4.43. The van der Waals surface area contributed by atoms with Crippen molar-refractivity contribution in [2.75, 3.05) is 6.54 Å². The number of hydrogen-bond donors (Lipinski definition) is 1. The molecule has 4 heteroatoms. The van der Waals surface area contributed by atoms with Crippen LogP contribution in [0.15, 0.2) is 42.5 Å². The lowest BCUT2D eigenvalue weighted by Crippen LogP contribution is -2.34. The Balaban J connectivity index is 1.82. The molecule has 0 saturated heterocycles. The van der Waals surface area contributed by atoms with Gasteiger partial charge in [-0.15, -0.1) is 0 Å². The lowest BCUT2D eigenvalue weighted by atomic mass is 9.94. The molecule has 0 spiro atoms. The molecule has 0 saturated carbocycles. The van der Waals surface area contributed by atoms with Gasteiger partial charge in [0, 0.05) is 23.2 Å². The van der Waals surface area contributed by atoms with Crippen LogP contribution in [0.1, 0.15) is 33.2 Å². The smallest absolute Gasteiger partial charge is 0.255 e. The van der Waals surface area contributed by atoms with Crippen molar-refractivity contribution in [1.29, 1.82) is 0 Å². The van der Waals surface area contributed by atoms with Crippen molar-refractivity contribution >= 4 is 16.8 Å². The standard InChI is InChI=1S/C18H13FN2O/c19-14-7-3-6-10-11-8-9-21-17(16(11)20-15(10)14)12-4-1-2-5-13(12)18(21)22/h1-7,17,20H,8-9H2/t17-/m1/s1. The fourth-order valence-corrected chi connectivity index (χ4v) is 3.90. The minimum atomic E-state index is -0.240. The number of rotatable bonds is 0. The topological polar surface area (TPSA) is 36.1 Å². The molecule has 1 aromatic heterocycles. The first-order chi connectivity index (χ1) is 10.8. The van der Waals surface area contributed by atoms with Gasteiger partial charge in [-0.2, -0.15) is 0 Å². The van der Waals surface area contributed by atoms with E-state index in [4.69, 9.17) is 0 Å². The van der Waals surface area contributed by atoms with Crippen LogP contribution in [-0.4, -0.2) is 22.3 Å². The van der Waals surface area contributed by atoms with E-state index < -0.39 is 0 Å². The number of carbonyl (C=O) groups is 1. The zero-order valence-electron chi connectivity index (χ0n) is 11.8. The Hall–Kier alpha value is -2.62. The highest BCUT2D eigenvalue weighted by Crippen LogP contribution is 2.44. The highest BCUT2D eigenvalue weighted by Gasteiger charge is 2.42. The monoisotopic (exact) mass is 292 g/mol. The second-order valence-corrected chi connectivity index (χ2v) is 5.92. The molecule has 22 heavy (non-hydrogen) atoms. The van der Waals surface area contributed by atoms with E-state index in [2.05, 4.69) is 4.98 Å². The molecular weight excluding hydrogens is 279 g/mol. The average Bonchev–Trinajstić information content (AvgIpc) is 3.06. The molecule has 1 N–H and O–H groups in total.